The molecule has 2 saturated heterocycles. The highest BCUT2D eigenvalue weighted by Crippen LogP contribution is 2.41. The van der Waals surface area contributed by atoms with E-state index in [1.807, 2.05) is 41.3 Å². The van der Waals surface area contributed by atoms with Gasteiger partial charge in [0.1, 0.15) is 24.1 Å². The van der Waals surface area contributed by atoms with Crippen LogP contribution in [0.5, 0.6) is 0 Å². The van der Waals surface area contributed by atoms with Crippen LogP contribution in [0, 0.1) is 5.82 Å². The molecule has 0 unspecified atom stereocenters. The molecular weight excluding hydrogens is 646 g/mol. The van der Waals surface area contributed by atoms with Gasteiger partial charge < -0.3 is 28.6 Å². The van der Waals surface area contributed by atoms with Gasteiger partial charge in [-0.15, -0.1) is 0 Å². The maximum Gasteiger partial charge on any atom is 0.330 e. The van der Waals surface area contributed by atoms with Crippen molar-refractivity contribution in [2.45, 2.75) is 69.0 Å². The van der Waals surface area contributed by atoms with Crippen LogP contribution >= 0.6 is 0 Å². The molecule has 49 heavy (non-hydrogen) atoms. The first-order valence-corrected chi connectivity index (χ1v) is 18.5. The fourth-order valence-electron chi connectivity index (χ4n) is 7.22. The van der Waals surface area contributed by atoms with Gasteiger partial charge in [-0.25, -0.2) is 9.18 Å². The number of H-pyrrole nitrogens is 1. The number of para-hydroxylation sites is 1. The molecule has 3 aromatic carbocycles. The second-order valence-electron chi connectivity index (χ2n) is 13.7. The third kappa shape index (κ3) is 6.81. The Morgan fingerprint density at radius 1 is 0.939 bits per heavy atom. The maximum atomic E-state index is 14.6. The molecule has 260 valence electrons. The minimum Gasteiger partial charge on any atom is -0.405 e. The molecule has 4 atom stereocenters. The van der Waals surface area contributed by atoms with Gasteiger partial charge in [-0.2, -0.15) is 0 Å². The Kier molecular flexibility index (Phi) is 10.1. The summed E-state index contributed by atoms with van der Waals surface area (Å²) in [5, 5.41) is 13.8. The monoisotopic (exact) mass is 689 g/mol. The van der Waals surface area contributed by atoms with Crippen molar-refractivity contribution in [3.63, 3.8) is 0 Å². The Hall–Kier alpha value is -3.91. The van der Waals surface area contributed by atoms with Crippen LogP contribution in [0.3, 0.4) is 0 Å². The Balaban J connectivity index is 1.31. The average Bonchev–Trinajstić information content (AvgIpc) is 3.39. The zero-order chi connectivity index (χ0) is 34.8. The van der Waals surface area contributed by atoms with E-state index in [1.165, 1.54) is 30.0 Å². The van der Waals surface area contributed by atoms with Crippen molar-refractivity contribution in [2.75, 3.05) is 31.7 Å². The largest absolute Gasteiger partial charge is 0.405 e. The van der Waals surface area contributed by atoms with E-state index in [0.29, 0.717) is 31.6 Å². The van der Waals surface area contributed by atoms with Gasteiger partial charge in [0.25, 0.3) is 13.9 Å². The van der Waals surface area contributed by atoms with Gasteiger partial charge in [0, 0.05) is 45.3 Å². The summed E-state index contributed by atoms with van der Waals surface area (Å²) >= 11 is 0. The quantitative estimate of drug-likeness (QED) is 0.192. The van der Waals surface area contributed by atoms with Crippen molar-refractivity contribution in [3.05, 3.63) is 124 Å². The number of nitrogens with one attached hydrogen (secondary N) is 1. The minimum atomic E-state index is -3.01. The zero-order valence-corrected chi connectivity index (χ0v) is 29.3. The Morgan fingerprint density at radius 2 is 1.53 bits per heavy atom. The molecule has 0 spiro atoms. The second kappa shape index (κ2) is 14.1. The number of anilines is 1. The lowest BCUT2D eigenvalue weighted by molar-refractivity contribution is -0.276. The normalized spacial score (nSPS) is 22.7. The van der Waals surface area contributed by atoms with Crippen molar-refractivity contribution in [2.24, 2.45) is 0 Å². The molecule has 4 aromatic rings. The van der Waals surface area contributed by atoms with Gasteiger partial charge in [0.05, 0.1) is 12.3 Å². The number of halogens is 1. The number of benzene rings is 3. The summed E-state index contributed by atoms with van der Waals surface area (Å²) in [5.74, 6) is -1.47. The number of aromatic amines is 1. The number of nitrogens with zero attached hydrogens (tertiary/aromatic N) is 2. The number of methoxy groups -OCH3 is 1. The van der Waals surface area contributed by atoms with Crippen LogP contribution < -0.4 is 26.5 Å². The van der Waals surface area contributed by atoms with Gasteiger partial charge in [0.15, 0.2) is 12.0 Å². The van der Waals surface area contributed by atoms with Crippen LogP contribution in [0.25, 0.3) is 0 Å². The van der Waals surface area contributed by atoms with E-state index in [2.05, 4.69) is 50.0 Å². The van der Waals surface area contributed by atoms with E-state index in [-0.39, 0.29) is 17.5 Å². The lowest BCUT2D eigenvalue weighted by Gasteiger charge is -2.44. The predicted octanol–water partition coefficient (Wildman–Crippen LogP) is 3.54. The summed E-state index contributed by atoms with van der Waals surface area (Å²) in [7, 11) is -1.47. The van der Waals surface area contributed by atoms with Crippen LogP contribution in [-0.4, -0.2) is 73.9 Å². The molecule has 2 fully saturated rings. The SMILES string of the molecule is COC1(O[C@@H]2[C@H](O)[C@@H](CO[Si](c3ccccc3)(c3ccccc3)C(C)(C)C)O[C@H]2n2ccc(=O)[nH]c2=O)CCN(c2ccccc2F)CC1. The molecule has 12 heteroatoms. The zero-order valence-electron chi connectivity index (χ0n) is 28.3. The third-order valence-electron chi connectivity index (χ3n) is 9.76. The summed E-state index contributed by atoms with van der Waals surface area (Å²) in [6.07, 6.45) is -2.27. The maximum absolute atomic E-state index is 14.6. The topological polar surface area (TPSA) is 115 Å². The molecule has 2 N–H and O–H groups in total. The van der Waals surface area contributed by atoms with Crippen LogP contribution in [-0.2, 0) is 18.6 Å². The molecular formula is C37H44FN3O7Si. The fourth-order valence-corrected chi connectivity index (χ4v) is 11.8. The molecule has 0 amide bonds. The predicted molar refractivity (Wildman–Crippen MR) is 187 cm³/mol. The van der Waals surface area contributed by atoms with Crippen LogP contribution in [0.2, 0.25) is 5.04 Å². The number of piperidine rings is 1. The number of ether oxygens (including phenoxy) is 3. The van der Waals surface area contributed by atoms with E-state index in [4.69, 9.17) is 18.6 Å². The third-order valence-corrected chi connectivity index (χ3v) is 14.8. The summed E-state index contributed by atoms with van der Waals surface area (Å²) in [4.78, 5) is 29.3. The van der Waals surface area contributed by atoms with Crippen molar-refractivity contribution >= 4 is 24.4 Å². The first-order chi connectivity index (χ1) is 23.5. The minimum absolute atomic E-state index is 0.00392. The van der Waals surface area contributed by atoms with Crippen molar-refractivity contribution in [1.82, 2.24) is 9.55 Å². The fraction of sp³-hybridized carbons (Fsp3) is 0.405. The first-order valence-electron chi connectivity index (χ1n) is 16.6. The molecule has 2 aliphatic heterocycles. The van der Waals surface area contributed by atoms with E-state index in [9.17, 15) is 19.1 Å². The summed E-state index contributed by atoms with van der Waals surface area (Å²) in [6, 6.07) is 28.1. The average molecular weight is 690 g/mol. The van der Waals surface area contributed by atoms with Gasteiger partial charge in [-0.3, -0.25) is 14.3 Å². The number of hydrogen-bond donors (Lipinski definition) is 2. The van der Waals surface area contributed by atoms with Gasteiger partial charge in [-0.05, 0) is 27.5 Å². The molecule has 10 nitrogen and oxygen atoms in total. The molecule has 0 aliphatic carbocycles. The van der Waals surface area contributed by atoms with E-state index in [1.54, 1.807) is 18.2 Å². The van der Waals surface area contributed by atoms with E-state index < -0.39 is 49.9 Å². The summed E-state index contributed by atoms with van der Waals surface area (Å²) in [5.41, 5.74) is -0.764. The Bertz CT molecular complexity index is 1780. The van der Waals surface area contributed by atoms with Crippen LogP contribution in [0.4, 0.5) is 10.1 Å². The summed E-state index contributed by atoms with van der Waals surface area (Å²) in [6.45, 7) is 7.36. The van der Waals surface area contributed by atoms with Crippen LogP contribution in [0.1, 0.15) is 39.8 Å². The molecule has 0 saturated carbocycles. The molecule has 1 aromatic heterocycles. The smallest absolute Gasteiger partial charge is 0.330 e. The number of aromatic nitrogens is 2. The standard InChI is InChI=1S/C37H44FN3O7Si/c1-36(2,3)49(26-13-7-5-8-14-26,27-15-9-6-10-16-27)46-25-30-32(43)33(34(47-30)41-22-19-31(42)39-35(41)44)48-37(45-4)20-23-40(24-21-37)29-18-12-11-17-28(29)38/h5-19,22,30,32-34,43H,20-21,23-25H2,1-4H3,(H,39,42,44)/t30-,32-,33-,34-/m1/s1. The molecule has 3 heterocycles. The number of hydrogen-bond acceptors (Lipinski definition) is 8. The molecule has 0 bridgehead atoms. The van der Waals surface area contributed by atoms with E-state index >= 15 is 0 Å². The van der Waals surface area contributed by atoms with Gasteiger partial charge in [0.2, 0.25) is 0 Å². The highest BCUT2D eigenvalue weighted by atomic mass is 28.4. The van der Waals surface area contributed by atoms with Crippen molar-refractivity contribution < 1.29 is 28.1 Å². The summed E-state index contributed by atoms with van der Waals surface area (Å²) < 4.78 is 42.0. The first kappa shape index (κ1) is 34.9. The molecule has 6 rings (SSSR count). The number of aliphatic hydroxyl groups excluding tert-OH is 1. The van der Waals surface area contributed by atoms with Crippen molar-refractivity contribution in [1.29, 1.82) is 0 Å². The van der Waals surface area contributed by atoms with Crippen molar-refractivity contribution in [3.8, 4) is 0 Å². The second-order valence-corrected chi connectivity index (χ2v) is 18.0. The lowest BCUT2D eigenvalue weighted by Crippen LogP contribution is -2.67. The van der Waals surface area contributed by atoms with E-state index in [0.717, 1.165) is 10.4 Å². The number of aliphatic hydroxyl groups is 1. The lowest BCUT2D eigenvalue weighted by atomic mass is 10.0. The van der Waals surface area contributed by atoms with Gasteiger partial charge >= 0.3 is 5.69 Å². The highest BCUT2D eigenvalue weighted by Gasteiger charge is 2.54. The number of rotatable bonds is 10. The molecule has 0 radical (unpaired) electrons. The Labute approximate surface area is 286 Å². The molecule has 2 aliphatic rings. The van der Waals surface area contributed by atoms with Gasteiger partial charge in [-0.1, -0.05) is 93.6 Å². The Morgan fingerprint density at radius 3 is 2.08 bits per heavy atom. The highest BCUT2D eigenvalue weighted by molar-refractivity contribution is 6.99. The van der Waals surface area contributed by atoms with Crippen LogP contribution in [0.15, 0.2) is 107 Å².